The van der Waals surface area contributed by atoms with E-state index in [9.17, 15) is 18.3 Å². The number of hydrogen-bond acceptors (Lipinski definition) is 4. The number of anilines is 1. The van der Waals surface area contributed by atoms with Crippen molar-refractivity contribution in [1.82, 2.24) is 14.6 Å². The molecule has 1 aliphatic heterocycles. The molecule has 5 nitrogen and oxygen atoms in total. The van der Waals surface area contributed by atoms with Crippen LogP contribution in [0, 0.1) is 5.95 Å². The molecular formula is C10H8ClF3N4O. The normalized spacial score (nSPS) is 22.4. The van der Waals surface area contributed by atoms with E-state index in [-0.39, 0.29) is 23.0 Å². The highest BCUT2D eigenvalue weighted by Crippen LogP contribution is 2.33. The van der Waals surface area contributed by atoms with E-state index in [2.05, 4.69) is 10.1 Å². The molecule has 0 amide bonds. The molecule has 0 aromatic carbocycles. The van der Waals surface area contributed by atoms with Gasteiger partial charge in [0, 0.05) is 6.07 Å². The Morgan fingerprint density at radius 1 is 1.47 bits per heavy atom. The summed E-state index contributed by atoms with van der Waals surface area (Å²) < 4.78 is 40.9. The topological polar surface area (TPSA) is 53.7 Å². The zero-order chi connectivity index (χ0) is 13.8. The van der Waals surface area contributed by atoms with Crippen LogP contribution < -0.4 is 4.90 Å². The molecule has 1 aliphatic rings. The lowest BCUT2D eigenvalue weighted by Crippen LogP contribution is -2.31. The first-order valence-corrected chi connectivity index (χ1v) is 5.77. The van der Waals surface area contributed by atoms with Gasteiger partial charge < -0.3 is 10.0 Å². The zero-order valence-corrected chi connectivity index (χ0v) is 10.2. The number of alkyl halides is 2. The third kappa shape index (κ3) is 1.91. The third-order valence-corrected chi connectivity index (χ3v) is 3.18. The standard InChI is InChI=1S/C10H8ClF3N4O/c11-7-1-5(9-15-2-8(12)18(9)16-7)17-3-6(19)10(13,14)4-17/h1-2,6,19H,3-4H2. The molecular weight excluding hydrogens is 285 g/mol. The van der Waals surface area contributed by atoms with Crippen LogP contribution in [0.15, 0.2) is 12.3 Å². The predicted octanol–water partition coefficient (Wildman–Crippen LogP) is 1.34. The van der Waals surface area contributed by atoms with Gasteiger partial charge in [0.15, 0.2) is 10.8 Å². The Balaban J connectivity index is 2.11. The second-order valence-corrected chi connectivity index (χ2v) is 4.71. The maximum atomic E-state index is 13.4. The Kier molecular flexibility index (Phi) is 2.61. The van der Waals surface area contributed by atoms with Gasteiger partial charge in [0.05, 0.1) is 25.0 Å². The van der Waals surface area contributed by atoms with Gasteiger partial charge in [0.25, 0.3) is 5.92 Å². The van der Waals surface area contributed by atoms with E-state index in [1.54, 1.807) is 0 Å². The van der Waals surface area contributed by atoms with Crippen LogP contribution in [-0.2, 0) is 0 Å². The minimum Gasteiger partial charge on any atom is -0.385 e. The van der Waals surface area contributed by atoms with Crippen molar-refractivity contribution in [3.8, 4) is 0 Å². The Labute approximate surface area is 110 Å². The van der Waals surface area contributed by atoms with Crippen molar-refractivity contribution in [1.29, 1.82) is 0 Å². The number of imidazole rings is 1. The predicted molar refractivity (Wildman–Crippen MR) is 61.1 cm³/mol. The fourth-order valence-electron chi connectivity index (χ4n) is 2.08. The number of aliphatic hydroxyl groups is 1. The molecule has 2 aromatic rings. The van der Waals surface area contributed by atoms with Crippen molar-refractivity contribution in [2.45, 2.75) is 12.0 Å². The first kappa shape index (κ1) is 12.5. The van der Waals surface area contributed by atoms with E-state index < -0.39 is 24.5 Å². The van der Waals surface area contributed by atoms with Crippen molar-refractivity contribution in [2.24, 2.45) is 0 Å². The van der Waals surface area contributed by atoms with E-state index in [1.165, 1.54) is 11.0 Å². The number of rotatable bonds is 1. The highest BCUT2D eigenvalue weighted by molar-refractivity contribution is 6.29. The third-order valence-electron chi connectivity index (χ3n) is 3.00. The summed E-state index contributed by atoms with van der Waals surface area (Å²) in [5.41, 5.74) is 0.284. The van der Waals surface area contributed by atoms with E-state index >= 15 is 0 Å². The molecule has 102 valence electrons. The smallest absolute Gasteiger partial charge is 0.292 e. The van der Waals surface area contributed by atoms with Gasteiger partial charge in [0.2, 0.25) is 5.95 Å². The summed E-state index contributed by atoms with van der Waals surface area (Å²) in [5.74, 6) is -3.97. The molecule has 0 saturated carbocycles. The minimum absolute atomic E-state index is 0.0518. The van der Waals surface area contributed by atoms with Gasteiger partial charge in [-0.25, -0.2) is 13.8 Å². The average molecular weight is 293 g/mol. The number of aliphatic hydroxyl groups excluding tert-OH is 1. The molecule has 1 unspecified atom stereocenters. The molecule has 0 spiro atoms. The highest BCUT2D eigenvalue weighted by atomic mass is 35.5. The number of β-amino-alcohol motifs (C(OH)–C–C–N with tert-alkyl or cyclic N) is 1. The molecule has 0 radical (unpaired) electrons. The minimum atomic E-state index is -3.22. The van der Waals surface area contributed by atoms with E-state index in [0.29, 0.717) is 0 Å². The van der Waals surface area contributed by atoms with Gasteiger partial charge in [-0.1, -0.05) is 11.6 Å². The number of fused-ring (bicyclic) bond motifs is 1. The SMILES string of the molecule is OC1CN(c2cc(Cl)nn3c(F)cnc23)CC1(F)F. The first-order valence-electron chi connectivity index (χ1n) is 5.39. The lowest BCUT2D eigenvalue weighted by Gasteiger charge is -2.18. The first-order chi connectivity index (χ1) is 8.88. The van der Waals surface area contributed by atoms with Crippen molar-refractivity contribution in [2.75, 3.05) is 18.0 Å². The summed E-state index contributed by atoms with van der Waals surface area (Å²) >= 11 is 5.74. The lowest BCUT2D eigenvalue weighted by atomic mass is 10.2. The van der Waals surface area contributed by atoms with Gasteiger partial charge in [-0.3, -0.25) is 0 Å². The summed E-state index contributed by atoms with van der Waals surface area (Å²) in [6, 6.07) is 1.32. The van der Waals surface area contributed by atoms with Crippen molar-refractivity contribution >= 4 is 22.9 Å². The summed E-state index contributed by atoms with van der Waals surface area (Å²) in [6.45, 7) is -0.962. The number of halogens is 4. The molecule has 1 saturated heterocycles. The van der Waals surface area contributed by atoms with Gasteiger partial charge in [-0.2, -0.15) is 14.0 Å². The molecule has 0 aliphatic carbocycles. The molecule has 9 heteroatoms. The maximum Gasteiger partial charge on any atom is 0.292 e. The molecule has 3 rings (SSSR count). The molecule has 1 atom stereocenters. The summed E-state index contributed by atoms with van der Waals surface area (Å²) in [4.78, 5) is 4.98. The van der Waals surface area contributed by atoms with Gasteiger partial charge in [0.1, 0.15) is 6.10 Å². The van der Waals surface area contributed by atoms with Gasteiger partial charge >= 0.3 is 0 Å². The van der Waals surface area contributed by atoms with E-state index in [1.807, 2.05) is 0 Å². The van der Waals surface area contributed by atoms with Crippen LogP contribution >= 0.6 is 11.6 Å². The Morgan fingerprint density at radius 3 is 2.84 bits per heavy atom. The highest BCUT2D eigenvalue weighted by Gasteiger charge is 2.47. The fourth-order valence-corrected chi connectivity index (χ4v) is 2.26. The van der Waals surface area contributed by atoms with Crippen molar-refractivity contribution in [3.63, 3.8) is 0 Å². The Bertz CT molecular complexity index is 647. The van der Waals surface area contributed by atoms with Gasteiger partial charge in [-0.05, 0) is 0 Å². The molecule has 1 fully saturated rings. The largest absolute Gasteiger partial charge is 0.385 e. The summed E-state index contributed by atoms with van der Waals surface area (Å²) in [7, 11) is 0. The number of hydrogen-bond donors (Lipinski definition) is 1. The molecule has 2 aromatic heterocycles. The van der Waals surface area contributed by atoms with Crippen LogP contribution in [0.3, 0.4) is 0 Å². The summed E-state index contributed by atoms with van der Waals surface area (Å²) in [5, 5.41) is 12.9. The zero-order valence-electron chi connectivity index (χ0n) is 9.39. The lowest BCUT2D eigenvalue weighted by molar-refractivity contribution is -0.0712. The molecule has 3 heterocycles. The number of aromatic nitrogens is 3. The monoisotopic (exact) mass is 292 g/mol. The van der Waals surface area contributed by atoms with Crippen LogP contribution in [0.2, 0.25) is 5.15 Å². The second-order valence-electron chi connectivity index (χ2n) is 4.33. The number of nitrogens with zero attached hydrogens (tertiary/aromatic N) is 4. The van der Waals surface area contributed by atoms with Crippen molar-refractivity contribution < 1.29 is 18.3 Å². The Morgan fingerprint density at radius 2 is 2.21 bits per heavy atom. The van der Waals surface area contributed by atoms with Crippen LogP contribution in [0.1, 0.15) is 0 Å². The van der Waals surface area contributed by atoms with Crippen LogP contribution in [0.4, 0.5) is 18.9 Å². The molecule has 0 bridgehead atoms. The van der Waals surface area contributed by atoms with Gasteiger partial charge in [-0.15, -0.1) is 0 Å². The van der Waals surface area contributed by atoms with Crippen LogP contribution in [0.5, 0.6) is 0 Å². The average Bonchev–Trinajstić information content (AvgIpc) is 2.81. The quantitative estimate of drug-likeness (QED) is 0.862. The summed E-state index contributed by atoms with van der Waals surface area (Å²) in [6.07, 6.45) is -0.855. The van der Waals surface area contributed by atoms with Crippen LogP contribution in [-0.4, -0.2) is 44.8 Å². The van der Waals surface area contributed by atoms with E-state index in [0.717, 1.165) is 10.7 Å². The fraction of sp³-hybridized carbons (Fsp3) is 0.400. The Hall–Kier alpha value is -1.54. The van der Waals surface area contributed by atoms with Crippen LogP contribution in [0.25, 0.3) is 5.65 Å². The second kappa shape index (κ2) is 3.97. The molecule has 1 N–H and O–H groups in total. The van der Waals surface area contributed by atoms with Crippen molar-refractivity contribution in [3.05, 3.63) is 23.4 Å². The molecule has 19 heavy (non-hydrogen) atoms. The van der Waals surface area contributed by atoms with E-state index in [4.69, 9.17) is 11.6 Å². The maximum absolute atomic E-state index is 13.4.